The summed E-state index contributed by atoms with van der Waals surface area (Å²) in [6.45, 7) is 5.83. The molecule has 0 radical (unpaired) electrons. The van der Waals surface area contributed by atoms with Crippen molar-refractivity contribution in [1.82, 2.24) is 14.6 Å². The lowest BCUT2D eigenvalue weighted by atomic mass is 10.1. The van der Waals surface area contributed by atoms with Crippen molar-refractivity contribution in [2.75, 3.05) is 26.4 Å². The zero-order valence-electron chi connectivity index (χ0n) is 15.1. The van der Waals surface area contributed by atoms with E-state index in [4.69, 9.17) is 13.9 Å². The highest BCUT2D eigenvalue weighted by molar-refractivity contribution is 7.53. The molecule has 2 rings (SSSR count). The first kappa shape index (κ1) is 20.1. The molecule has 142 valence electrons. The third-order valence-corrected chi connectivity index (χ3v) is 6.23. The second kappa shape index (κ2) is 8.42. The summed E-state index contributed by atoms with van der Waals surface area (Å²) in [6.07, 6.45) is 2.32. The van der Waals surface area contributed by atoms with Crippen LogP contribution in [-0.4, -0.2) is 47.1 Å². The lowest BCUT2D eigenvalue weighted by molar-refractivity contribution is -0.166. The predicted octanol–water partition coefficient (Wildman–Crippen LogP) is 1.64. The summed E-state index contributed by atoms with van der Waals surface area (Å²) in [5.41, 5.74) is -0.478. The minimum absolute atomic E-state index is 0.0432. The smallest absolute Gasteiger partial charge is 0.309 e. The molecule has 0 aliphatic carbocycles. The maximum atomic E-state index is 12.6. The maximum Gasteiger partial charge on any atom is 0.330 e. The molecule has 2 heterocycles. The van der Waals surface area contributed by atoms with Gasteiger partial charge in [0, 0.05) is 31.3 Å². The average molecular weight is 375 g/mol. The third kappa shape index (κ3) is 4.89. The van der Waals surface area contributed by atoms with E-state index in [1.807, 2.05) is 0 Å². The first-order valence-corrected chi connectivity index (χ1v) is 10.1. The van der Waals surface area contributed by atoms with Crippen LogP contribution < -0.4 is 11.2 Å². The Hall–Kier alpha value is -1.25. The number of aryl methyl sites for hydroxylation is 1. The van der Waals surface area contributed by atoms with Gasteiger partial charge >= 0.3 is 13.3 Å². The molecule has 1 aromatic heterocycles. The van der Waals surface area contributed by atoms with E-state index in [0.29, 0.717) is 31.6 Å². The number of rotatable bonds is 8. The highest BCUT2D eigenvalue weighted by atomic mass is 31.2. The van der Waals surface area contributed by atoms with Crippen molar-refractivity contribution < 1.29 is 18.5 Å². The Morgan fingerprint density at radius 1 is 1.32 bits per heavy atom. The molecule has 9 nitrogen and oxygen atoms in total. The van der Waals surface area contributed by atoms with Gasteiger partial charge in [0.1, 0.15) is 0 Å². The number of H-pyrrole nitrogens is 1. The highest BCUT2D eigenvalue weighted by Gasteiger charge is 2.35. The van der Waals surface area contributed by atoms with Crippen LogP contribution in [0.4, 0.5) is 0 Å². The van der Waals surface area contributed by atoms with E-state index < -0.39 is 25.1 Å². The fourth-order valence-electron chi connectivity index (χ4n) is 2.83. The summed E-state index contributed by atoms with van der Waals surface area (Å²) in [4.78, 5) is 31.5. The minimum Gasteiger partial charge on any atom is -0.309 e. The van der Waals surface area contributed by atoms with Crippen LogP contribution in [0.25, 0.3) is 0 Å². The minimum atomic E-state index is -3.11. The van der Waals surface area contributed by atoms with E-state index >= 15 is 0 Å². The van der Waals surface area contributed by atoms with Gasteiger partial charge in [-0.05, 0) is 27.2 Å². The van der Waals surface area contributed by atoms with Crippen LogP contribution >= 0.6 is 7.60 Å². The van der Waals surface area contributed by atoms with Crippen molar-refractivity contribution in [3.63, 3.8) is 0 Å². The van der Waals surface area contributed by atoms with Crippen LogP contribution in [0.2, 0.25) is 0 Å². The molecule has 2 atom stereocenters. The van der Waals surface area contributed by atoms with Gasteiger partial charge in [0.05, 0.1) is 19.4 Å². The summed E-state index contributed by atoms with van der Waals surface area (Å²) in [5.74, 6) is 0. The van der Waals surface area contributed by atoms with Crippen molar-refractivity contribution in [3.8, 4) is 0 Å². The number of nitrogens with zero attached hydrogens (tertiary/aromatic N) is 2. The average Bonchev–Trinajstić information content (AvgIpc) is 2.90. The van der Waals surface area contributed by atoms with E-state index in [0.717, 1.165) is 0 Å². The van der Waals surface area contributed by atoms with Crippen molar-refractivity contribution in [1.29, 1.82) is 0 Å². The monoisotopic (exact) mass is 375 g/mol. The van der Waals surface area contributed by atoms with Gasteiger partial charge in [-0.25, -0.2) is 4.79 Å². The molecule has 1 N–H and O–H groups in total. The van der Waals surface area contributed by atoms with Crippen molar-refractivity contribution in [2.45, 2.75) is 45.9 Å². The summed E-state index contributed by atoms with van der Waals surface area (Å²) >= 11 is 0. The lowest BCUT2D eigenvalue weighted by Crippen LogP contribution is -2.33. The topological polar surface area (TPSA) is 103 Å². The molecule has 10 heteroatoms. The quantitative estimate of drug-likeness (QED) is 0.689. The fourth-order valence-corrected chi connectivity index (χ4v) is 4.57. The van der Waals surface area contributed by atoms with Crippen molar-refractivity contribution >= 4 is 7.60 Å². The van der Waals surface area contributed by atoms with Gasteiger partial charge in [-0.1, -0.05) is 0 Å². The molecule has 0 aromatic carbocycles. The molecule has 0 amide bonds. The Morgan fingerprint density at radius 2 is 1.96 bits per heavy atom. The summed E-state index contributed by atoms with van der Waals surface area (Å²) in [5, 5.41) is 1.65. The largest absolute Gasteiger partial charge is 0.330 e. The number of hydrogen-bond donors (Lipinski definition) is 1. The van der Waals surface area contributed by atoms with Gasteiger partial charge in [-0.2, -0.15) is 5.06 Å². The van der Waals surface area contributed by atoms with Gasteiger partial charge < -0.3 is 9.05 Å². The van der Waals surface area contributed by atoms with E-state index in [1.165, 1.54) is 10.8 Å². The predicted molar refractivity (Wildman–Crippen MR) is 92.7 cm³/mol. The molecule has 1 aromatic rings. The summed E-state index contributed by atoms with van der Waals surface area (Å²) in [6, 6.07) is -0.0432. The van der Waals surface area contributed by atoms with Gasteiger partial charge in [0.15, 0.2) is 6.23 Å². The summed E-state index contributed by atoms with van der Waals surface area (Å²) in [7, 11) is -1.35. The maximum absolute atomic E-state index is 12.6. The molecule has 0 unspecified atom stereocenters. The van der Waals surface area contributed by atoms with E-state index in [9.17, 15) is 14.2 Å². The van der Waals surface area contributed by atoms with E-state index in [-0.39, 0.29) is 12.2 Å². The van der Waals surface area contributed by atoms with Gasteiger partial charge in [-0.3, -0.25) is 23.7 Å². The van der Waals surface area contributed by atoms with Gasteiger partial charge in [-0.15, -0.1) is 0 Å². The fraction of sp³-hybridized carbons (Fsp3) is 0.733. The summed E-state index contributed by atoms with van der Waals surface area (Å²) < 4.78 is 24.5. The standard InChI is InChI=1S/C15H26N3O6P/c1-5-22-25(21,23-6-2)8-7-12-9-13(24-17(12)4)18-10-11(3)14(19)16-15(18)20/h10,12-13H,5-9H2,1-4H3,(H,16,19,20)/t12-,13-/m0/s1. The molecular formula is C15H26N3O6P. The zero-order chi connectivity index (χ0) is 18.6. The van der Waals surface area contributed by atoms with Gasteiger partial charge in [0.2, 0.25) is 0 Å². The van der Waals surface area contributed by atoms with Crippen molar-refractivity contribution in [2.24, 2.45) is 0 Å². The highest BCUT2D eigenvalue weighted by Crippen LogP contribution is 2.49. The second-order valence-corrected chi connectivity index (χ2v) is 8.12. The number of hydrogen-bond acceptors (Lipinski definition) is 7. The Balaban J connectivity index is 2.06. The first-order chi connectivity index (χ1) is 11.8. The van der Waals surface area contributed by atoms with E-state index in [1.54, 1.807) is 32.9 Å². The van der Waals surface area contributed by atoms with Crippen LogP contribution in [-0.2, 0) is 18.5 Å². The number of nitrogens with one attached hydrogen (secondary N) is 1. The number of hydroxylamine groups is 2. The molecule has 0 bridgehead atoms. The first-order valence-electron chi connectivity index (χ1n) is 8.39. The van der Waals surface area contributed by atoms with Crippen LogP contribution in [0.5, 0.6) is 0 Å². The number of aromatic amines is 1. The van der Waals surface area contributed by atoms with Crippen LogP contribution in [0.1, 0.15) is 38.5 Å². The Kier molecular flexibility index (Phi) is 6.76. The zero-order valence-corrected chi connectivity index (χ0v) is 16.0. The molecule has 1 aliphatic heterocycles. The molecule has 1 saturated heterocycles. The Labute approximate surface area is 146 Å². The van der Waals surface area contributed by atoms with Crippen LogP contribution in [0.15, 0.2) is 15.8 Å². The third-order valence-electron chi connectivity index (χ3n) is 4.12. The number of aromatic nitrogens is 2. The molecule has 25 heavy (non-hydrogen) atoms. The van der Waals surface area contributed by atoms with Crippen molar-refractivity contribution in [3.05, 3.63) is 32.6 Å². The van der Waals surface area contributed by atoms with Gasteiger partial charge in [0.25, 0.3) is 5.56 Å². The Bertz CT molecular complexity index is 736. The molecule has 1 fully saturated rings. The molecule has 0 saturated carbocycles. The molecule has 1 aliphatic rings. The molecular weight excluding hydrogens is 349 g/mol. The normalized spacial score (nSPS) is 21.8. The lowest BCUT2D eigenvalue weighted by Gasteiger charge is -2.21. The van der Waals surface area contributed by atoms with Crippen LogP contribution in [0.3, 0.4) is 0 Å². The second-order valence-electron chi connectivity index (χ2n) is 5.93. The molecule has 0 spiro atoms. The SMILES string of the molecule is CCOP(=O)(CC[C@H]1C[C@@H](n2cc(C)c(=O)[nH]c2=O)ON1C)OCC. The van der Waals surface area contributed by atoms with E-state index in [2.05, 4.69) is 4.98 Å². The van der Waals surface area contributed by atoms with Crippen LogP contribution in [0, 0.1) is 6.92 Å². The Morgan fingerprint density at radius 3 is 2.56 bits per heavy atom.